The molecule has 0 spiro atoms. The van der Waals surface area contributed by atoms with Gasteiger partial charge in [-0.25, -0.2) is 14.6 Å². The van der Waals surface area contributed by atoms with E-state index in [1.54, 1.807) is 6.20 Å². The Kier molecular flexibility index (Phi) is 11.0. The standard InChI is InChI=1S/C19H25N3O3.2C2HF3O2/c1-21-11-8-20-19(21)18(23)14-6-9-22(10-7-14)12-15-13-24-16-4-2-3-5-17(16)25-15;2*3-2(4,5)1(6)7/h2-5,8,11,14-15,18,23H,6-7,9-10,12-13H2,1H3;2*(H,6,7). The number of imidazole rings is 1. The Morgan fingerprint density at radius 1 is 1.03 bits per heavy atom. The van der Waals surface area contributed by atoms with Gasteiger partial charge in [0, 0.05) is 26.0 Å². The molecule has 1 fully saturated rings. The molecule has 3 N–H and O–H groups in total. The number of aliphatic hydroxyl groups is 1. The lowest BCUT2D eigenvalue weighted by atomic mass is 9.90. The third kappa shape index (κ3) is 9.94. The summed E-state index contributed by atoms with van der Waals surface area (Å²) in [7, 11) is 1.93. The third-order valence-electron chi connectivity index (χ3n) is 5.72. The predicted molar refractivity (Wildman–Crippen MR) is 121 cm³/mol. The highest BCUT2D eigenvalue weighted by Gasteiger charge is 2.39. The number of hydrogen-bond donors (Lipinski definition) is 3. The summed E-state index contributed by atoms with van der Waals surface area (Å²) in [5.74, 6) is -2.82. The number of aryl methyl sites for hydroxylation is 1. The fraction of sp³-hybridized carbons (Fsp3) is 0.522. The average molecular weight is 571 g/mol. The van der Waals surface area contributed by atoms with E-state index in [-0.39, 0.29) is 12.0 Å². The van der Waals surface area contributed by atoms with Crippen LogP contribution in [0.15, 0.2) is 36.7 Å². The van der Waals surface area contributed by atoms with Gasteiger partial charge in [-0.1, -0.05) is 12.1 Å². The van der Waals surface area contributed by atoms with Crippen molar-refractivity contribution in [3.05, 3.63) is 42.5 Å². The van der Waals surface area contributed by atoms with Crippen molar-refractivity contribution in [1.29, 1.82) is 0 Å². The summed E-state index contributed by atoms with van der Waals surface area (Å²) in [5, 5.41) is 24.8. The number of ether oxygens (including phenoxy) is 2. The number of rotatable bonds is 4. The van der Waals surface area contributed by atoms with E-state index in [2.05, 4.69) is 9.88 Å². The molecule has 2 unspecified atom stereocenters. The molecule has 10 nitrogen and oxygen atoms in total. The topological polar surface area (TPSA) is 134 Å². The van der Waals surface area contributed by atoms with Gasteiger partial charge in [-0.2, -0.15) is 26.3 Å². The number of halogens is 6. The van der Waals surface area contributed by atoms with Crippen LogP contribution in [-0.2, 0) is 16.6 Å². The minimum Gasteiger partial charge on any atom is -0.486 e. The van der Waals surface area contributed by atoms with Crippen molar-refractivity contribution >= 4 is 11.9 Å². The highest BCUT2D eigenvalue weighted by Crippen LogP contribution is 2.33. The van der Waals surface area contributed by atoms with E-state index < -0.39 is 30.4 Å². The van der Waals surface area contributed by atoms with E-state index in [0.29, 0.717) is 6.61 Å². The summed E-state index contributed by atoms with van der Waals surface area (Å²) in [6.07, 6.45) is -5.02. The van der Waals surface area contributed by atoms with Crippen molar-refractivity contribution in [2.45, 2.75) is 37.4 Å². The molecule has 0 saturated carbocycles. The van der Waals surface area contributed by atoms with Gasteiger partial charge in [0.1, 0.15) is 24.6 Å². The zero-order chi connectivity index (χ0) is 29.4. The summed E-state index contributed by atoms with van der Waals surface area (Å²) >= 11 is 0. The fourth-order valence-corrected chi connectivity index (χ4v) is 3.77. The minimum absolute atomic E-state index is 0.0610. The van der Waals surface area contributed by atoms with Gasteiger partial charge in [-0.15, -0.1) is 0 Å². The Bertz CT molecular complexity index is 1060. The Morgan fingerprint density at radius 3 is 2.00 bits per heavy atom. The van der Waals surface area contributed by atoms with Crippen LogP contribution >= 0.6 is 0 Å². The number of fused-ring (bicyclic) bond motifs is 1. The molecular weight excluding hydrogens is 544 g/mol. The molecule has 2 aliphatic heterocycles. The number of carboxylic acid groups (broad SMARTS) is 2. The summed E-state index contributed by atoms with van der Waals surface area (Å²) in [6, 6.07) is 7.82. The van der Waals surface area contributed by atoms with E-state index in [0.717, 1.165) is 49.8 Å². The number of carbonyl (C=O) groups is 2. The fourth-order valence-electron chi connectivity index (χ4n) is 3.77. The van der Waals surface area contributed by atoms with Gasteiger partial charge in [0.25, 0.3) is 0 Å². The number of carboxylic acids is 2. The van der Waals surface area contributed by atoms with Crippen molar-refractivity contribution in [3.8, 4) is 11.5 Å². The van der Waals surface area contributed by atoms with Gasteiger partial charge < -0.3 is 29.4 Å². The van der Waals surface area contributed by atoms with Crippen molar-refractivity contribution < 1.29 is 60.7 Å². The highest BCUT2D eigenvalue weighted by atomic mass is 19.4. The quantitative estimate of drug-likeness (QED) is 0.473. The molecule has 0 amide bonds. The molecule has 1 saturated heterocycles. The summed E-state index contributed by atoms with van der Waals surface area (Å²) in [6.45, 7) is 3.38. The van der Waals surface area contributed by atoms with Gasteiger partial charge in [0.05, 0.1) is 0 Å². The zero-order valence-corrected chi connectivity index (χ0v) is 20.5. The first-order valence-corrected chi connectivity index (χ1v) is 11.5. The van der Waals surface area contributed by atoms with E-state index in [9.17, 15) is 31.4 Å². The normalized spacial score (nSPS) is 18.6. The lowest BCUT2D eigenvalue weighted by Gasteiger charge is -2.36. The number of aliphatic carboxylic acids is 2. The molecular formula is C23H27F6N3O7. The van der Waals surface area contributed by atoms with E-state index in [1.807, 2.05) is 42.1 Å². The molecule has 4 rings (SSSR count). The molecule has 0 aliphatic carbocycles. The summed E-state index contributed by atoms with van der Waals surface area (Å²) < 4.78 is 77.2. The van der Waals surface area contributed by atoms with Crippen molar-refractivity contribution in [2.75, 3.05) is 26.2 Å². The first-order valence-electron chi connectivity index (χ1n) is 11.5. The van der Waals surface area contributed by atoms with Crippen LogP contribution in [0.5, 0.6) is 11.5 Å². The zero-order valence-electron chi connectivity index (χ0n) is 20.5. The number of nitrogens with zero attached hydrogens (tertiary/aromatic N) is 3. The molecule has 1 aromatic carbocycles. The van der Waals surface area contributed by atoms with Crippen LogP contribution in [0.25, 0.3) is 0 Å². The number of benzene rings is 1. The van der Waals surface area contributed by atoms with E-state index in [4.69, 9.17) is 29.3 Å². The van der Waals surface area contributed by atoms with Gasteiger partial charge in [0.15, 0.2) is 11.5 Å². The monoisotopic (exact) mass is 571 g/mol. The first kappa shape index (κ1) is 31.7. The van der Waals surface area contributed by atoms with Crippen LogP contribution in [0.2, 0.25) is 0 Å². The van der Waals surface area contributed by atoms with Crippen LogP contribution in [0, 0.1) is 5.92 Å². The number of likely N-dealkylation sites (tertiary alicyclic amines) is 1. The first-order chi connectivity index (χ1) is 18.1. The van der Waals surface area contributed by atoms with Gasteiger partial charge in [0.2, 0.25) is 0 Å². The largest absolute Gasteiger partial charge is 0.490 e. The van der Waals surface area contributed by atoms with Crippen LogP contribution in [0.4, 0.5) is 26.3 Å². The molecule has 2 aromatic rings. The maximum absolute atomic E-state index is 10.6. The van der Waals surface area contributed by atoms with Gasteiger partial charge in [-0.05, 0) is 44.0 Å². The number of alkyl halides is 6. The number of para-hydroxylation sites is 2. The number of aliphatic hydroxyl groups excluding tert-OH is 1. The van der Waals surface area contributed by atoms with Gasteiger partial charge in [-0.3, -0.25) is 4.90 Å². The van der Waals surface area contributed by atoms with Crippen molar-refractivity contribution in [2.24, 2.45) is 13.0 Å². The van der Waals surface area contributed by atoms with Gasteiger partial charge >= 0.3 is 24.3 Å². The SMILES string of the molecule is Cn1ccnc1C(O)C1CCN(CC2COc3ccccc3O2)CC1.O=C(O)C(F)(F)F.O=C(O)C(F)(F)F. The maximum atomic E-state index is 10.6. The second-order valence-corrected chi connectivity index (χ2v) is 8.58. The van der Waals surface area contributed by atoms with Crippen molar-refractivity contribution in [1.82, 2.24) is 14.5 Å². The average Bonchev–Trinajstić information content (AvgIpc) is 3.29. The highest BCUT2D eigenvalue weighted by molar-refractivity contribution is 5.73. The second-order valence-electron chi connectivity index (χ2n) is 8.58. The molecule has 218 valence electrons. The molecule has 39 heavy (non-hydrogen) atoms. The lowest BCUT2D eigenvalue weighted by Crippen LogP contribution is -2.44. The predicted octanol–water partition coefficient (Wildman–Crippen LogP) is 3.27. The lowest BCUT2D eigenvalue weighted by molar-refractivity contribution is -0.193. The molecule has 1 aromatic heterocycles. The second kappa shape index (κ2) is 13.5. The van der Waals surface area contributed by atoms with Crippen LogP contribution in [0.3, 0.4) is 0 Å². The number of aromatic nitrogens is 2. The Morgan fingerprint density at radius 2 is 1.54 bits per heavy atom. The summed E-state index contributed by atoms with van der Waals surface area (Å²) in [5.41, 5.74) is 0. The summed E-state index contributed by atoms with van der Waals surface area (Å²) in [4.78, 5) is 24.5. The third-order valence-corrected chi connectivity index (χ3v) is 5.72. The smallest absolute Gasteiger partial charge is 0.486 e. The van der Waals surface area contributed by atoms with Crippen LogP contribution in [0.1, 0.15) is 24.8 Å². The Hall–Kier alpha value is -3.53. The van der Waals surface area contributed by atoms with Crippen molar-refractivity contribution in [3.63, 3.8) is 0 Å². The van der Waals surface area contributed by atoms with E-state index in [1.165, 1.54) is 0 Å². The number of hydrogen-bond acceptors (Lipinski definition) is 7. The minimum atomic E-state index is -5.08. The Balaban J connectivity index is 0.000000317. The van der Waals surface area contributed by atoms with E-state index >= 15 is 0 Å². The molecule has 2 aliphatic rings. The maximum Gasteiger partial charge on any atom is 0.490 e. The molecule has 0 bridgehead atoms. The Labute approximate surface area is 218 Å². The molecule has 0 radical (unpaired) electrons. The molecule has 3 heterocycles. The van der Waals surface area contributed by atoms with Crippen LogP contribution < -0.4 is 9.47 Å². The molecule has 2 atom stereocenters. The number of piperidine rings is 1. The molecule has 16 heteroatoms. The van der Waals surface area contributed by atoms with Crippen LogP contribution in [-0.4, -0.2) is 86.4 Å².